The van der Waals surface area contributed by atoms with Gasteiger partial charge in [0.1, 0.15) is 0 Å². The zero-order valence-corrected chi connectivity index (χ0v) is 9.03. The SMILES string of the molecule is CC(=O)C1=CN(C(C)=O)CC(C(C)=O)=C1. The Labute approximate surface area is 88.2 Å². The largest absolute Gasteiger partial charge is 0.314 e. The number of carbonyl (C=O) groups is 3. The molecule has 1 amide bonds. The average molecular weight is 207 g/mol. The van der Waals surface area contributed by atoms with Crippen LogP contribution in [0.3, 0.4) is 0 Å². The third-order valence-electron chi connectivity index (χ3n) is 2.23. The summed E-state index contributed by atoms with van der Waals surface area (Å²) >= 11 is 0. The predicted octanol–water partition coefficient (Wildman–Crippen LogP) is 0.837. The van der Waals surface area contributed by atoms with E-state index in [9.17, 15) is 14.4 Å². The minimum Gasteiger partial charge on any atom is -0.314 e. The molecule has 0 saturated carbocycles. The van der Waals surface area contributed by atoms with Gasteiger partial charge in [-0.15, -0.1) is 0 Å². The highest BCUT2D eigenvalue weighted by Gasteiger charge is 2.19. The second-order valence-corrected chi connectivity index (χ2v) is 3.51. The summed E-state index contributed by atoms with van der Waals surface area (Å²) in [6.45, 7) is 4.48. The van der Waals surface area contributed by atoms with Gasteiger partial charge in [-0.25, -0.2) is 0 Å². The van der Waals surface area contributed by atoms with Crippen molar-refractivity contribution in [3.63, 3.8) is 0 Å². The van der Waals surface area contributed by atoms with E-state index in [1.807, 2.05) is 0 Å². The Bertz CT molecular complexity index is 391. The van der Waals surface area contributed by atoms with E-state index >= 15 is 0 Å². The molecule has 4 heteroatoms. The van der Waals surface area contributed by atoms with E-state index in [-0.39, 0.29) is 24.0 Å². The minimum absolute atomic E-state index is 0.117. The second kappa shape index (κ2) is 4.21. The van der Waals surface area contributed by atoms with Crippen LogP contribution in [0, 0.1) is 0 Å². The Balaban J connectivity index is 3.07. The van der Waals surface area contributed by atoms with Crippen LogP contribution in [0.15, 0.2) is 23.4 Å². The molecular weight excluding hydrogens is 194 g/mol. The molecule has 0 N–H and O–H groups in total. The van der Waals surface area contributed by atoms with Crippen molar-refractivity contribution in [2.75, 3.05) is 6.54 Å². The summed E-state index contributed by atoms with van der Waals surface area (Å²) in [6, 6.07) is 0. The van der Waals surface area contributed by atoms with E-state index in [1.165, 1.54) is 31.9 Å². The molecule has 0 unspecified atom stereocenters. The van der Waals surface area contributed by atoms with Crippen molar-refractivity contribution in [3.05, 3.63) is 23.4 Å². The van der Waals surface area contributed by atoms with E-state index in [2.05, 4.69) is 0 Å². The number of Topliss-reactive ketones (excluding diaryl/α,β-unsaturated/α-hetero) is 2. The van der Waals surface area contributed by atoms with Crippen LogP contribution in [0.25, 0.3) is 0 Å². The van der Waals surface area contributed by atoms with Gasteiger partial charge in [-0.3, -0.25) is 14.4 Å². The van der Waals surface area contributed by atoms with E-state index < -0.39 is 0 Å². The van der Waals surface area contributed by atoms with Gasteiger partial charge in [0.2, 0.25) is 5.91 Å². The highest BCUT2D eigenvalue weighted by Crippen LogP contribution is 2.15. The third kappa shape index (κ3) is 2.62. The lowest BCUT2D eigenvalue weighted by molar-refractivity contribution is -0.126. The van der Waals surface area contributed by atoms with Crippen molar-refractivity contribution in [2.45, 2.75) is 20.8 Å². The standard InChI is InChI=1S/C11H13NO3/c1-7(13)10-4-11(8(2)14)6-12(5-10)9(3)15/h4-5H,6H2,1-3H3. The van der Waals surface area contributed by atoms with Crippen LogP contribution >= 0.6 is 0 Å². The van der Waals surface area contributed by atoms with Crippen LogP contribution in [-0.4, -0.2) is 28.9 Å². The summed E-state index contributed by atoms with van der Waals surface area (Å²) in [5.74, 6) is -0.451. The number of carbonyl (C=O) groups excluding carboxylic acids is 3. The number of allylic oxidation sites excluding steroid dienone is 2. The summed E-state index contributed by atoms with van der Waals surface area (Å²) in [5, 5.41) is 0. The van der Waals surface area contributed by atoms with Gasteiger partial charge in [0.05, 0.1) is 6.54 Å². The van der Waals surface area contributed by atoms with Crippen LogP contribution in [0.4, 0.5) is 0 Å². The highest BCUT2D eigenvalue weighted by molar-refractivity contribution is 6.02. The molecule has 15 heavy (non-hydrogen) atoms. The Morgan fingerprint density at radius 2 is 1.73 bits per heavy atom. The normalized spacial score (nSPS) is 15.5. The quantitative estimate of drug-likeness (QED) is 0.674. The minimum atomic E-state index is -0.180. The number of rotatable bonds is 2. The molecule has 0 spiro atoms. The fourth-order valence-corrected chi connectivity index (χ4v) is 1.28. The van der Waals surface area contributed by atoms with Crippen molar-refractivity contribution in [3.8, 4) is 0 Å². The molecule has 1 heterocycles. The number of amides is 1. The molecule has 0 aromatic heterocycles. The third-order valence-corrected chi connectivity index (χ3v) is 2.23. The predicted molar refractivity (Wildman–Crippen MR) is 54.9 cm³/mol. The monoisotopic (exact) mass is 207 g/mol. The molecule has 0 aromatic rings. The fourth-order valence-electron chi connectivity index (χ4n) is 1.28. The molecule has 0 fully saturated rings. The van der Waals surface area contributed by atoms with Crippen LogP contribution < -0.4 is 0 Å². The van der Waals surface area contributed by atoms with E-state index in [0.717, 1.165) is 0 Å². The molecule has 0 aliphatic carbocycles. The number of hydrogen-bond acceptors (Lipinski definition) is 3. The second-order valence-electron chi connectivity index (χ2n) is 3.51. The van der Waals surface area contributed by atoms with Gasteiger partial charge in [0, 0.05) is 24.3 Å². The molecule has 0 radical (unpaired) electrons. The summed E-state index contributed by atoms with van der Waals surface area (Å²) in [5.41, 5.74) is 0.875. The maximum atomic E-state index is 11.2. The van der Waals surface area contributed by atoms with Crippen molar-refractivity contribution in [2.24, 2.45) is 0 Å². The van der Waals surface area contributed by atoms with Gasteiger partial charge in [-0.05, 0) is 19.9 Å². The maximum absolute atomic E-state index is 11.2. The van der Waals surface area contributed by atoms with Crippen molar-refractivity contribution >= 4 is 17.5 Å². The Morgan fingerprint density at radius 3 is 2.13 bits per heavy atom. The maximum Gasteiger partial charge on any atom is 0.223 e. The molecule has 4 nitrogen and oxygen atoms in total. The number of nitrogens with zero attached hydrogens (tertiary/aromatic N) is 1. The molecular formula is C11H13NO3. The molecule has 0 saturated heterocycles. The zero-order valence-electron chi connectivity index (χ0n) is 9.03. The molecule has 1 aliphatic heterocycles. The highest BCUT2D eigenvalue weighted by atomic mass is 16.2. The molecule has 0 aromatic carbocycles. The summed E-state index contributed by atoms with van der Waals surface area (Å²) in [7, 11) is 0. The van der Waals surface area contributed by atoms with Crippen molar-refractivity contribution < 1.29 is 14.4 Å². The smallest absolute Gasteiger partial charge is 0.223 e. The van der Waals surface area contributed by atoms with E-state index in [1.54, 1.807) is 6.08 Å². The summed E-state index contributed by atoms with van der Waals surface area (Å²) in [4.78, 5) is 34.9. The zero-order chi connectivity index (χ0) is 11.6. The van der Waals surface area contributed by atoms with Crippen molar-refractivity contribution in [1.82, 2.24) is 4.90 Å². The first kappa shape index (κ1) is 11.4. The molecule has 0 bridgehead atoms. The molecule has 80 valence electrons. The van der Waals surface area contributed by atoms with Crippen LogP contribution in [0.2, 0.25) is 0 Å². The summed E-state index contributed by atoms with van der Waals surface area (Å²) in [6.07, 6.45) is 3.03. The first-order valence-corrected chi connectivity index (χ1v) is 4.63. The lowest BCUT2D eigenvalue weighted by atomic mass is 10.0. The first-order chi connectivity index (χ1) is 6.91. The lowest BCUT2D eigenvalue weighted by Crippen LogP contribution is -2.30. The van der Waals surface area contributed by atoms with Gasteiger partial charge in [-0.1, -0.05) is 0 Å². The van der Waals surface area contributed by atoms with Gasteiger partial charge in [0.15, 0.2) is 11.6 Å². The molecule has 1 aliphatic rings. The first-order valence-electron chi connectivity index (χ1n) is 4.63. The Kier molecular flexibility index (Phi) is 3.19. The Hall–Kier alpha value is -1.71. The number of hydrogen-bond donors (Lipinski definition) is 0. The Morgan fingerprint density at radius 1 is 1.13 bits per heavy atom. The lowest BCUT2D eigenvalue weighted by Gasteiger charge is -2.22. The van der Waals surface area contributed by atoms with E-state index in [4.69, 9.17) is 0 Å². The van der Waals surface area contributed by atoms with Crippen molar-refractivity contribution in [1.29, 1.82) is 0 Å². The average Bonchev–Trinajstić information content (AvgIpc) is 2.16. The van der Waals surface area contributed by atoms with Gasteiger partial charge < -0.3 is 4.90 Å². The fraction of sp³-hybridized carbons (Fsp3) is 0.364. The van der Waals surface area contributed by atoms with Gasteiger partial charge in [0.25, 0.3) is 0 Å². The molecule has 0 atom stereocenters. The van der Waals surface area contributed by atoms with Crippen LogP contribution in [-0.2, 0) is 14.4 Å². The topological polar surface area (TPSA) is 54.5 Å². The van der Waals surface area contributed by atoms with Crippen LogP contribution in [0.1, 0.15) is 20.8 Å². The van der Waals surface area contributed by atoms with Crippen LogP contribution in [0.5, 0.6) is 0 Å². The van der Waals surface area contributed by atoms with Gasteiger partial charge >= 0.3 is 0 Å². The summed E-state index contributed by atoms with van der Waals surface area (Å²) < 4.78 is 0. The van der Waals surface area contributed by atoms with E-state index in [0.29, 0.717) is 11.1 Å². The van der Waals surface area contributed by atoms with Gasteiger partial charge in [-0.2, -0.15) is 0 Å². The number of ketones is 2. The molecule has 1 rings (SSSR count).